The predicted molar refractivity (Wildman–Crippen MR) is 104 cm³/mol. The lowest BCUT2D eigenvalue weighted by molar-refractivity contribution is -0.136. The quantitative estimate of drug-likeness (QED) is 0.854. The van der Waals surface area contributed by atoms with Crippen molar-refractivity contribution in [1.82, 2.24) is 4.31 Å². The Morgan fingerprint density at radius 2 is 1.70 bits per heavy atom. The summed E-state index contributed by atoms with van der Waals surface area (Å²) >= 11 is 0. The summed E-state index contributed by atoms with van der Waals surface area (Å²) in [5.41, 5.74) is 2.19. The molecular weight excluding hydrogens is 364 g/mol. The van der Waals surface area contributed by atoms with Crippen molar-refractivity contribution >= 4 is 27.4 Å². The molecular formula is C20H28N2O4S. The zero-order valence-electron chi connectivity index (χ0n) is 16.4. The van der Waals surface area contributed by atoms with Gasteiger partial charge in [-0.1, -0.05) is 6.42 Å². The Balaban J connectivity index is 1.84. The van der Waals surface area contributed by atoms with Crippen LogP contribution in [0.3, 0.4) is 0 Å². The van der Waals surface area contributed by atoms with E-state index in [0.717, 1.165) is 34.7 Å². The monoisotopic (exact) mass is 392 g/mol. The van der Waals surface area contributed by atoms with Crippen LogP contribution in [-0.4, -0.2) is 38.5 Å². The standard InChI is InChI=1S/C20H28N2O4S/c1-12-8-17(27(25,26)22(3)4)11-18(13(12)2)21-20(24)16-9-14-6-5-7-15(10-16)19(14)23/h8,11,14-16H,5-7,9-10H2,1-4H3,(H,21,24). The number of aryl methyl sites for hydroxylation is 1. The number of carbonyl (C=O) groups is 2. The number of Topliss-reactive ketones (excluding diaryl/α,β-unsaturated/α-hetero) is 1. The molecule has 6 nitrogen and oxygen atoms in total. The average Bonchev–Trinajstić information content (AvgIpc) is 2.58. The van der Waals surface area contributed by atoms with E-state index in [1.54, 1.807) is 6.07 Å². The molecule has 148 valence electrons. The van der Waals surface area contributed by atoms with Crippen LogP contribution in [0, 0.1) is 31.6 Å². The number of nitrogens with zero attached hydrogens (tertiary/aromatic N) is 1. The van der Waals surface area contributed by atoms with Crippen molar-refractivity contribution in [3.63, 3.8) is 0 Å². The number of hydrogen-bond donors (Lipinski definition) is 1. The number of anilines is 1. The van der Waals surface area contributed by atoms with Gasteiger partial charge in [0, 0.05) is 37.5 Å². The van der Waals surface area contributed by atoms with E-state index in [4.69, 9.17) is 0 Å². The molecule has 1 aromatic rings. The maximum Gasteiger partial charge on any atom is 0.242 e. The lowest BCUT2D eigenvalue weighted by Gasteiger charge is -2.37. The van der Waals surface area contributed by atoms with Crippen LogP contribution in [0.25, 0.3) is 0 Å². The lowest BCUT2D eigenvalue weighted by atomic mass is 9.67. The summed E-state index contributed by atoms with van der Waals surface area (Å²) in [7, 11) is -0.608. The zero-order valence-corrected chi connectivity index (χ0v) is 17.2. The van der Waals surface area contributed by atoms with Crippen LogP contribution in [0.2, 0.25) is 0 Å². The third-order valence-corrected chi connectivity index (χ3v) is 7.89. The number of rotatable bonds is 4. The van der Waals surface area contributed by atoms with Crippen molar-refractivity contribution < 1.29 is 18.0 Å². The SMILES string of the molecule is Cc1cc(S(=O)(=O)N(C)C)cc(NC(=O)C2CC3CCCC(C2)C3=O)c1C. The number of nitrogens with one attached hydrogen (secondary N) is 1. The topological polar surface area (TPSA) is 83.6 Å². The van der Waals surface area contributed by atoms with E-state index in [1.165, 1.54) is 20.2 Å². The van der Waals surface area contributed by atoms with Gasteiger partial charge in [-0.15, -0.1) is 0 Å². The maximum atomic E-state index is 12.9. The van der Waals surface area contributed by atoms with Crippen LogP contribution in [0.5, 0.6) is 0 Å². The first-order chi connectivity index (χ1) is 12.6. The minimum atomic E-state index is -3.58. The summed E-state index contributed by atoms with van der Waals surface area (Å²) in [6.07, 6.45) is 4.05. The van der Waals surface area contributed by atoms with Gasteiger partial charge < -0.3 is 5.32 Å². The van der Waals surface area contributed by atoms with Gasteiger partial charge in [-0.2, -0.15) is 0 Å². The third kappa shape index (κ3) is 3.80. The summed E-state index contributed by atoms with van der Waals surface area (Å²) in [5.74, 6) is 0.0533. The molecule has 0 aromatic heterocycles. The second-order valence-corrected chi connectivity index (χ2v) is 10.2. The first-order valence-electron chi connectivity index (χ1n) is 9.49. The largest absolute Gasteiger partial charge is 0.326 e. The molecule has 1 N–H and O–H groups in total. The molecule has 2 saturated carbocycles. The predicted octanol–water partition coefficient (Wildman–Crippen LogP) is 2.89. The van der Waals surface area contributed by atoms with Gasteiger partial charge in [-0.3, -0.25) is 9.59 Å². The molecule has 0 heterocycles. The summed E-state index contributed by atoms with van der Waals surface area (Å²) in [4.78, 5) is 25.3. The molecule has 0 spiro atoms. The normalized spacial score (nSPS) is 25.5. The molecule has 0 saturated heterocycles. The number of carbonyl (C=O) groups excluding carboxylic acids is 2. The van der Waals surface area contributed by atoms with Crippen LogP contribution in [0.15, 0.2) is 17.0 Å². The van der Waals surface area contributed by atoms with E-state index in [0.29, 0.717) is 24.3 Å². The smallest absolute Gasteiger partial charge is 0.242 e. The molecule has 1 amide bonds. The second-order valence-electron chi connectivity index (χ2n) is 8.08. The van der Waals surface area contributed by atoms with Gasteiger partial charge in [0.15, 0.2) is 0 Å². The van der Waals surface area contributed by atoms with Crippen molar-refractivity contribution in [1.29, 1.82) is 0 Å². The van der Waals surface area contributed by atoms with Crippen molar-refractivity contribution in [3.8, 4) is 0 Å². The molecule has 3 rings (SSSR count). The highest BCUT2D eigenvalue weighted by Gasteiger charge is 2.41. The number of ketones is 1. The number of fused-ring (bicyclic) bond motifs is 2. The number of hydrogen-bond acceptors (Lipinski definition) is 4. The maximum absolute atomic E-state index is 12.9. The Hall–Kier alpha value is -1.73. The zero-order chi connectivity index (χ0) is 19.9. The molecule has 1 aromatic carbocycles. The third-order valence-electron chi connectivity index (χ3n) is 6.10. The Kier molecular flexibility index (Phi) is 5.45. The average molecular weight is 393 g/mol. The van der Waals surface area contributed by atoms with E-state index in [2.05, 4.69) is 5.32 Å². The molecule has 2 atom stereocenters. The fourth-order valence-corrected chi connectivity index (χ4v) is 5.26. The van der Waals surface area contributed by atoms with Gasteiger partial charge >= 0.3 is 0 Å². The van der Waals surface area contributed by atoms with Crippen LogP contribution >= 0.6 is 0 Å². The lowest BCUT2D eigenvalue weighted by Crippen LogP contribution is -2.40. The Morgan fingerprint density at radius 1 is 1.11 bits per heavy atom. The molecule has 2 unspecified atom stereocenters. The molecule has 0 radical (unpaired) electrons. The first-order valence-corrected chi connectivity index (χ1v) is 10.9. The van der Waals surface area contributed by atoms with Crippen LogP contribution in [0.1, 0.15) is 43.2 Å². The van der Waals surface area contributed by atoms with E-state index < -0.39 is 10.0 Å². The van der Waals surface area contributed by atoms with Gasteiger partial charge in [-0.25, -0.2) is 12.7 Å². The van der Waals surface area contributed by atoms with Gasteiger partial charge in [0.25, 0.3) is 0 Å². The molecule has 27 heavy (non-hydrogen) atoms. The van der Waals surface area contributed by atoms with Crippen molar-refractivity contribution in [3.05, 3.63) is 23.3 Å². The first kappa shape index (κ1) is 20.0. The van der Waals surface area contributed by atoms with Crippen molar-refractivity contribution in [2.45, 2.75) is 50.8 Å². The van der Waals surface area contributed by atoms with Crippen molar-refractivity contribution in [2.24, 2.45) is 17.8 Å². The van der Waals surface area contributed by atoms with Gasteiger partial charge in [0.1, 0.15) is 5.78 Å². The molecule has 2 aliphatic carbocycles. The second kappa shape index (κ2) is 7.36. The minimum absolute atomic E-state index is 0.0107. The Bertz CT molecular complexity index is 860. The minimum Gasteiger partial charge on any atom is -0.326 e. The highest BCUT2D eigenvalue weighted by molar-refractivity contribution is 7.89. The number of sulfonamides is 1. The van der Waals surface area contributed by atoms with E-state index in [1.807, 2.05) is 13.8 Å². The Morgan fingerprint density at radius 3 is 2.26 bits per heavy atom. The van der Waals surface area contributed by atoms with E-state index >= 15 is 0 Å². The molecule has 7 heteroatoms. The highest BCUT2D eigenvalue weighted by atomic mass is 32.2. The summed E-state index contributed by atoms with van der Waals surface area (Å²) in [6.45, 7) is 3.71. The Labute approximate surface area is 161 Å². The molecule has 0 aliphatic heterocycles. The molecule has 2 bridgehead atoms. The van der Waals surface area contributed by atoms with Crippen LogP contribution < -0.4 is 5.32 Å². The van der Waals surface area contributed by atoms with E-state index in [-0.39, 0.29) is 28.6 Å². The molecule has 2 fully saturated rings. The van der Waals surface area contributed by atoms with Crippen LogP contribution in [0.4, 0.5) is 5.69 Å². The number of amides is 1. The van der Waals surface area contributed by atoms with E-state index in [9.17, 15) is 18.0 Å². The van der Waals surface area contributed by atoms with Gasteiger partial charge in [0.05, 0.1) is 4.90 Å². The fourth-order valence-electron chi connectivity index (χ4n) is 4.24. The van der Waals surface area contributed by atoms with Crippen molar-refractivity contribution in [2.75, 3.05) is 19.4 Å². The molecule has 2 aliphatic rings. The highest BCUT2D eigenvalue weighted by Crippen LogP contribution is 2.40. The fraction of sp³-hybridized carbons (Fsp3) is 0.600. The summed E-state index contributed by atoms with van der Waals surface area (Å²) in [5, 5.41) is 2.94. The summed E-state index contributed by atoms with van der Waals surface area (Å²) < 4.78 is 26.1. The van der Waals surface area contributed by atoms with Gasteiger partial charge in [0.2, 0.25) is 15.9 Å². The summed E-state index contributed by atoms with van der Waals surface area (Å²) in [6, 6.07) is 3.16. The van der Waals surface area contributed by atoms with Crippen LogP contribution in [-0.2, 0) is 19.6 Å². The number of benzene rings is 1. The van der Waals surface area contributed by atoms with Gasteiger partial charge in [-0.05, 0) is 62.8 Å².